The second-order valence-corrected chi connectivity index (χ2v) is 12.7. The molecule has 4 rings (SSSR count). The fraction of sp³-hybridized carbons (Fsp3) is 0.826. The van der Waals surface area contributed by atoms with Gasteiger partial charge in [0, 0.05) is 18.3 Å². The molecule has 1 unspecified atom stereocenters. The molecule has 4 heterocycles. The van der Waals surface area contributed by atoms with Crippen molar-refractivity contribution in [2.45, 2.75) is 94.0 Å². The molecule has 1 aromatic heterocycles. The standard InChI is InChI=1S/C23H38N3O13P/c1-4-35-40(34,10-11(28)7-12-17(31)18(32)16(24-12)13(29)8-27)36-9-14-19-20(39-23(2,3)38-19)21(37-14)26-6-5-15(30)25-22(26)33/h5-6,11-14,16-21,24,27-29,31-32H,4,7-10H2,1-3H3,(H,25,30,33)/t11-,12-,13+,14+,16-,17-,18-,19+,20+,21+,40?/m0/s1. The van der Waals surface area contributed by atoms with E-state index >= 15 is 0 Å². The number of aromatic amines is 1. The van der Waals surface area contributed by atoms with Crippen molar-refractivity contribution in [3.8, 4) is 0 Å². The van der Waals surface area contributed by atoms with E-state index < -0.39 is 98.4 Å². The van der Waals surface area contributed by atoms with E-state index in [0.717, 1.165) is 10.6 Å². The van der Waals surface area contributed by atoms with E-state index in [0.29, 0.717) is 0 Å². The van der Waals surface area contributed by atoms with Gasteiger partial charge in [-0.05, 0) is 27.2 Å². The number of aromatic nitrogens is 2. The molecule has 0 saturated carbocycles. The molecule has 3 aliphatic heterocycles. The van der Waals surface area contributed by atoms with Crippen LogP contribution in [-0.2, 0) is 27.8 Å². The Kier molecular flexibility index (Phi) is 9.71. The summed E-state index contributed by atoms with van der Waals surface area (Å²) in [5, 5.41) is 53.0. The van der Waals surface area contributed by atoms with Gasteiger partial charge in [-0.1, -0.05) is 0 Å². The summed E-state index contributed by atoms with van der Waals surface area (Å²) in [6.45, 7) is 4.01. The third-order valence-electron chi connectivity index (χ3n) is 7.11. The number of hydrogen-bond acceptors (Lipinski definition) is 14. The molecule has 17 heteroatoms. The first kappa shape index (κ1) is 31.4. The van der Waals surface area contributed by atoms with Crippen LogP contribution >= 0.6 is 7.60 Å². The van der Waals surface area contributed by atoms with Crippen molar-refractivity contribution in [2.24, 2.45) is 0 Å². The minimum absolute atomic E-state index is 0.00258. The monoisotopic (exact) mass is 595 g/mol. The van der Waals surface area contributed by atoms with Crippen LogP contribution in [0.3, 0.4) is 0 Å². The highest BCUT2D eigenvalue weighted by atomic mass is 31.2. The van der Waals surface area contributed by atoms with E-state index in [-0.39, 0.29) is 19.6 Å². The molecule has 228 valence electrons. The average molecular weight is 596 g/mol. The zero-order valence-electron chi connectivity index (χ0n) is 22.4. The highest BCUT2D eigenvalue weighted by molar-refractivity contribution is 7.53. The van der Waals surface area contributed by atoms with Crippen LogP contribution in [0.25, 0.3) is 0 Å². The van der Waals surface area contributed by atoms with Crippen molar-refractivity contribution in [1.82, 2.24) is 14.9 Å². The second-order valence-electron chi connectivity index (χ2n) is 10.6. The summed E-state index contributed by atoms with van der Waals surface area (Å²) < 4.78 is 43.7. The van der Waals surface area contributed by atoms with Crippen molar-refractivity contribution >= 4 is 7.60 Å². The second kappa shape index (κ2) is 12.4. The lowest BCUT2D eigenvalue weighted by Crippen LogP contribution is -2.45. The third-order valence-corrected chi connectivity index (χ3v) is 9.17. The van der Waals surface area contributed by atoms with Gasteiger partial charge >= 0.3 is 13.3 Å². The highest BCUT2D eigenvalue weighted by Crippen LogP contribution is 2.51. The molecular weight excluding hydrogens is 557 g/mol. The summed E-state index contributed by atoms with van der Waals surface area (Å²) in [7, 11) is -3.94. The Balaban J connectivity index is 1.42. The van der Waals surface area contributed by atoms with Crippen molar-refractivity contribution in [1.29, 1.82) is 0 Å². The summed E-state index contributed by atoms with van der Waals surface area (Å²) in [6.07, 6.45) is -8.06. The predicted molar refractivity (Wildman–Crippen MR) is 136 cm³/mol. The van der Waals surface area contributed by atoms with Gasteiger partial charge in [0.2, 0.25) is 0 Å². The molecule has 0 aliphatic carbocycles. The molecule has 0 spiro atoms. The molecular formula is C23H38N3O13P. The number of aliphatic hydroxyl groups excluding tert-OH is 5. The Morgan fingerprint density at radius 1 is 1.15 bits per heavy atom. The molecule has 3 aliphatic rings. The first-order chi connectivity index (χ1) is 18.8. The van der Waals surface area contributed by atoms with Gasteiger partial charge in [0.25, 0.3) is 5.56 Å². The predicted octanol–water partition coefficient (Wildman–Crippen LogP) is -2.63. The van der Waals surface area contributed by atoms with E-state index in [2.05, 4.69) is 10.3 Å². The number of H-pyrrole nitrogens is 1. The maximum Gasteiger partial charge on any atom is 0.333 e. The highest BCUT2D eigenvalue weighted by Gasteiger charge is 2.56. The number of rotatable bonds is 12. The Bertz CT molecular complexity index is 1180. The molecule has 3 saturated heterocycles. The van der Waals surface area contributed by atoms with E-state index in [1.165, 1.54) is 6.20 Å². The molecule has 7 N–H and O–H groups in total. The summed E-state index contributed by atoms with van der Waals surface area (Å²) in [4.78, 5) is 26.1. The van der Waals surface area contributed by atoms with Gasteiger partial charge in [-0.25, -0.2) is 4.79 Å². The van der Waals surface area contributed by atoms with Crippen molar-refractivity contribution in [3.05, 3.63) is 33.1 Å². The Hall–Kier alpha value is -1.53. The molecule has 3 fully saturated rings. The number of nitrogens with one attached hydrogen (secondary N) is 2. The summed E-state index contributed by atoms with van der Waals surface area (Å²) in [5.41, 5.74) is -1.29. The van der Waals surface area contributed by atoms with Crippen molar-refractivity contribution in [2.75, 3.05) is 26.0 Å². The fourth-order valence-corrected chi connectivity index (χ4v) is 7.07. The van der Waals surface area contributed by atoms with E-state index in [1.54, 1.807) is 20.8 Å². The van der Waals surface area contributed by atoms with Crippen LogP contribution in [0.5, 0.6) is 0 Å². The minimum Gasteiger partial charge on any atom is -0.394 e. The first-order valence-corrected chi connectivity index (χ1v) is 14.8. The van der Waals surface area contributed by atoms with Gasteiger partial charge in [-0.3, -0.25) is 18.9 Å². The average Bonchev–Trinajstić information content (AvgIpc) is 3.46. The maximum atomic E-state index is 13.5. The Morgan fingerprint density at radius 3 is 2.50 bits per heavy atom. The molecule has 0 bridgehead atoms. The summed E-state index contributed by atoms with van der Waals surface area (Å²) >= 11 is 0. The van der Waals surface area contributed by atoms with E-state index in [9.17, 15) is 34.6 Å². The summed E-state index contributed by atoms with van der Waals surface area (Å²) in [5.74, 6) is -1.03. The number of ether oxygens (including phenoxy) is 3. The number of nitrogens with zero attached hydrogens (tertiary/aromatic N) is 1. The van der Waals surface area contributed by atoms with Gasteiger partial charge in [0.1, 0.15) is 18.3 Å². The maximum absolute atomic E-state index is 13.5. The van der Waals surface area contributed by atoms with Crippen molar-refractivity contribution < 1.29 is 53.4 Å². The lowest BCUT2D eigenvalue weighted by molar-refractivity contribution is -0.200. The normalized spacial score (nSPS) is 36.3. The molecule has 11 atom stereocenters. The van der Waals surface area contributed by atoms with Gasteiger partial charge < -0.3 is 54.1 Å². The van der Waals surface area contributed by atoms with Crippen LogP contribution < -0.4 is 16.6 Å². The van der Waals surface area contributed by atoms with Crippen LogP contribution in [0.15, 0.2) is 21.9 Å². The Morgan fingerprint density at radius 2 is 1.85 bits per heavy atom. The van der Waals surface area contributed by atoms with Gasteiger partial charge in [0.05, 0.1) is 56.4 Å². The van der Waals surface area contributed by atoms with Crippen LogP contribution in [0.4, 0.5) is 0 Å². The fourth-order valence-electron chi connectivity index (χ4n) is 5.35. The smallest absolute Gasteiger partial charge is 0.333 e. The van der Waals surface area contributed by atoms with Crippen LogP contribution in [0.1, 0.15) is 33.4 Å². The summed E-state index contributed by atoms with van der Waals surface area (Å²) in [6, 6.07) is -0.717. The lowest BCUT2D eigenvalue weighted by atomic mass is 10.0. The molecule has 0 amide bonds. The Labute approximate surface area is 229 Å². The first-order valence-electron chi connectivity index (χ1n) is 13.1. The number of fused-ring (bicyclic) bond motifs is 1. The largest absolute Gasteiger partial charge is 0.394 e. The van der Waals surface area contributed by atoms with Gasteiger partial charge in [0.15, 0.2) is 12.0 Å². The molecule has 1 aromatic rings. The van der Waals surface area contributed by atoms with Crippen LogP contribution in [0.2, 0.25) is 0 Å². The van der Waals surface area contributed by atoms with E-state index in [4.69, 9.17) is 28.4 Å². The molecule has 0 radical (unpaired) electrons. The zero-order valence-corrected chi connectivity index (χ0v) is 23.3. The topological polar surface area (TPSA) is 231 Å². The SMILES string of the molecule is CCOP(=O)(C[C@@H](O)C[C@@H]1N[C@@H]([C@H](O)CO)[C@H](O)[C@H]1O)OC[C@H]1O[C@@H](n2ccc(=O)[nH]c2=O)[C@@H]2OC(C)(C)O[C@@H]21. The molecule has 16 nitrogen and oxygen atoms in total. The number of hydrogen-bond donors (Lipinski definition) is 7. The number of aliphatic hydroxyl groups is 5. The quantitative estimate of drug-likeness (QED) is 0.123. The third kappa shape index (κ3) is 6.75. The van der Waals surface area contributed by atoms with Gasteiger partial charge in [-0.2, -0.15) is 0 Å². The van der Waals surface area contributed by atoms with Crippen LogP contribution in [-0.4, -0.2) is 122 Å². The molecule has 40 heavy (non-hydrogen) atoms. The molecule has 0 aromatic carbocycles. The zero-order chi connectivity index (χ0) is 29.4. The van der Waals surface area contributed by atoms with Gasteiger partial charge in [-0.15, -0.1) is 0 Å². The minimum atomic E-state index is -3.94. The van der Waals surface area contributed by atoms with Crippen LogP contribution in [0, 0.1) is 0 Å². The van der Waals surface area contributed by atoms with E-state index in [1.807, 2.05) is 0 Å². The lowest BCUT2D eigenvalue weighted by Gasteiger charge is -2.27. The van der Waals surface area contributed by atoms with Crippen molar-refractivity contribution in [3.63, 3.8) is 0 Å².